The maximum atomic E-state index is 13.8. The van der Waals surface area contributed by atoms with Crippen molar-refractivity contribution in [3.05, 3.63) is 53.0 Å². The van der Waals surface area contributed by atoms with Gasteiger partial charge in [0.2, 0.25) is 0 Å². The highest BCUT2D eigenvalue weighted by atomic mass is 19.1. The van der Waals surface area contributed by atoms with Crippen molar-refractivity contribution >= 4 is 5.91 Å². The zero-order valence-corrected chi connectivity index (χ0v) is 14.4. The van der Waals surface area contributed by atoms with Crippen LogP contribution in [0.3, 0.4) is 0 Å². The van der Waals surface area contributed by atoms with Gasteiger partial charge in [-0.3, -0.25) is 9.69 Å². The minimum Gasteiger partial charge on any atom is -0.437 e. The van der Waals surface area contributed by atoms with Crippen LogP contribution in [0.4, 0.5) is 4.39 Å². The van der Waals surface area contributed by atoms with E-state index in [9.17, 15) is 9.18 Å². The Bertz CT molecular complexity index is 747. The molecule has 6 nitrogen and oxygen atoms in total. The van der Waals surface area contributed by atoms with E-state index in [-0.39, 0.29) is 23.7 Å². The lowest BCUT2D eigenvalue weighted by molar-refractivity contribution is 0.0869. The Balaban J connectivity index is 1.65. The molecular weight excluding hydrogens is 325 g/mol. The summed E-state index contributed by atoms with van der Waals surface area (Å²) < 4.78 is 24.4. The number of hydrogen-bond donors (Lipinski definition) is 1. The van der Waals surface area contributed by atoms with E-state index in [1.165, 1.54) is 6.07 Å². The van der Waals surface area contributed by atoms with Gasteiger partial charge in [0.1, 0.15) is 11.6 Å². The largest absolute Gasteiger partial charge is 0.437 e. The fourth-order valence-electron chi connectivity index (χ4n) is 2.93. The molecule has 1 aliphatic heterocycles. The Morgan fingerprint density at radius 3 is 3.04 bits per heavy atom. The molecule has 0 saturated carbocycles. The molecule has 0 spiro atoms. The van der Waals surface area contributed by atoms with Crippen molar-refractivity contribution in [2.75, 3.05) is 20.3 Å². The van der Waals surface area contributed by atoms with Gasteiger partial charge in [0.15, 0.2) is 0 Å². The van der Waals surface area contributed by atoms with Gasteiger partial charge in [0.05, 0.1) is 12.3 Å². The van der Waals surface area contributed by atoms with Crippen molar-refractivity contribution in [3.63, 3.8) is 0 Å². The van der Waals surface area contributed by atoms with E-state index >= 15 is 0 Å². The number of aromatic nitrogens is 1. The summed E-state index contributed by atoms with van der Waals surface area (Å²) in [5.74, 6) is 0.246. The highest BCUT2D eigenvalue weighted by Crippen LogP contribution is 2.22. The number of nitrogens with one attached hydrogen (secondary N) is 1. The van der Waals surface area contributed by atoms with Crippen molar-refractivity contribution in [1.82, 2.24) is 15.2 Å². The van der Waals surface area contributed by atoms with Crippen LogP contribution in [0.15, 0.2) is 28.7 Å². The SMILES string of the molecule is COCC(C)NC(=O)c1nc2c(o1)CCN(Cc1ccccc1F)C2. The van der Waals surface area contributed by atoms with E-state index in [1.807, 2.05) is 13.0 Å². The molecule has 1 N–H and O–H groups in total. The normalized spacial score (nSPS) is 15.6. The Morgan fingerprint density at radius 2 is 2.28 bits per heavy atom. The number of nitrogens with zero attached hydrogens (tertiary/aromatic N) is 2. The van der Waals surface area contributed by atoms with Crippen LogP contribution in [0.1, 0.15) is 34.6 Å². The molecule has 25 heavy (non-hydrogen) atoms. The van der Waals surface area contributed by atoms with E-state index in [4.69, 9.17) is 9.15 Å². The first-order valence-electron chi connectivity index (χ1n) is 8.31. The second kappa shape index (κ2) is 7.76. The van der Waals surface area contributed by atoms with Crippen molar-refractivity contribution in [3.8, 4) is 0 Å². The monoisotopic (exact) mass is 347 g/mol. The van der Waals surface area contributed by atoms with Crippen molar-refractivity contribution in [1.29, 1.82) is 0 Å². The summed E-state index contributed by atoms with van der Waals surface area (Å²) in [6.07, 6.45) is 0.650. The number of methoxy groups -OCH3 is 1. The van der Waals surface area contributed by atoms with Gasteiger partial charge < -0.3 is 14.5 Å². The number of fused-ring (bicyclic) bond motifs is 1. The van der Waals surface area contributed by atoms with E-state index in [0.29, 0.717) is 31.7 Å². The van der Waals surface area contributed by atoms with Crippen LogP contribution >= 0.6 is 0 Å². The third-order valence-electron chi connectivity index (χ3n) is 4.15. The van der Waals surface area contributed by atoms with Crippen LogP contribution in [0.25, 0.3) is 0 Å². The number of benzene rings is 1. The highest BCUT2D eigenvalue weighted by molar-refractivity contribution is 5.89. The summed E-state index contributed by atoms with van der Waals surface area (Å²) in [5, 5.41) is 2.78. The number of carbonyl (C=O) groups is 1. The molecule has 0 bridgehead atoms. The molecule has 134 valence electrons. The van der Waals surface area contributed by atoms with Gasteiger partial charge in [-0.05, 0) is 13.0 Å². The average Bonchev–Trinajstić information content (AvgIpc) is 3.00. The van der Waals surface area contributed by atoms with Gasteiger partial charge in [-0.25, -0.2) is 9.37 Å². The number of amides is 1. The standard InChI is InChI=1S/C18H22FN3O3/c1-12(11-24-2)20-17(23)18-21-15-10-22(8-7-16(15)25-18)9-13-5-3-4-6-14(13)19/h3-6,12H,7-11H2,1-2H3,(H,20,23). The first-order chi connectivity index (χ1) is 12.1. The average molecular weight is 347 g/mol. The van der Waals surface area contributed by atoms with Gasteiger partial charge in [-0.15, -0.1) is 0 Å². The lowest BCUT2D eigenvalue weighted by Crippen LogP contribution is -2.35. The van der Waals surface area contributed by atoms with Crippen molar-refractivity contribution in [2.45, 2.75) is 32.5 Å². The first kappa shape index (κ1) is 17.6. The molecule has 1 aromatic carbocycles. The van der Waals surface area contributed by atoms with Crippen molar-refractivity contribution < 1.29 is 18.3 Å². The Labute approximate surface area is 146 Å². The quantitative estimate of drug-likeness (QED) is 0.867. The second-order valence-corrected chi connectivity index (χ2v) is 6.27. The molecular formula is C18H22FN3O3. The van der Waals surface area contributed by atoms with Crippen LogP contribution in [0, 0.1) is 5.82 Å². The first-order valence-corrected chi connectivity index (χ1v) is 8.31. The molecule has 0 fully saturated rings. The smallest absolute Gasteiger partial charge is 0.307 e. The molecule has 0 radical (unpaired) electrons. The molecule has 2 heterocycles. The van der Waals surface area contributed by atoms with Gasteiger partial charge >= 0.3 is 5.91 Å². The van der Waals surface area contributed by atoms with E-state index < -0.39 is 0 Å². The molecule has 1 unspecified atom stereocenters. The number of rotatable bonds is 6. The van der Waals surface area contributed by atoms with Gasteiger partial charge in [-0.2, -0.15) is 0 Å². The maximum Gasteiger partial charge on any atom is 0.307 e. The van der Waals surface area contributed by atoms with Crippen LogP contribution in [-0.2, 0) is 24.2 Å². The summed E-state index contributed by atoms with van der Waals surface area (Å²) in [4.78, 5) is 18.6. The van der Waals surface area contributed by atoms with E-state index in [2.05, 4.69) is 15.2 Å². The number of ether oxygens (including phenoxy) is 1. The zero-order chi connectivity index (χ0) is 17.8. The van der Waals surface area contributed by atoms with Crippen LogP contribution in [0.5, 0.6) is 0 Å². The lowest BCUT2D eigenvalue weighted by atomic mass is 10.1. The molecule has 1 atom stereocenters. The second-order valence-electron chi connectivity index (χ2n) is 6.27. The Hall–Kier alpha value is -2.25. The Morgan fingerprint density at radius 1 is 1.48 bits per heavy atom. The number of carbonyl (C=O) groups excluding carboxylic acids is 1. The summed E-state index contributed by atoms with van der Waals surface area (Å²) in [6.45, 7) is 4.04. The fourth-order valence-corrected chi connectivity index (χ4v) is 2.93. The molecule has 7 heteroatoms. The predicted molar refractivity (Wildman–Crippen MR) is 89.5 cm³/mol. The molecule has 1 aromatic heterocycles. The lowest BCUT2D eigenvalue weighted by Gasteiger charge is -2.25. The number of halogens is 1. The van der Waals surface area contributed by atoms with Crippen molar-refractivity contribution in [2.24, 2.45) is 0 Å². The summed E-state index contributed by atoms with van der Waals surface area (Å²) >= 11 is 0. The molecule has 1 aliphatic rings. The van der Waals surface area contributed by atoms with Gasteiger partial charge in [0.25, 0.3) is 5.89 Å². The molecule has 1 amide bonds. The summed E-state index contributed by atoms with van der Waals surface area (Å²) in [6, 6.07) is 6.63. The molecule has 0 saturated heterocycles. The van der Waals surface area contributed by atoms with Crippen LogP contribution in [-0.4, -0.2) is 42.1 Å². The van der Waals surface area contributed by atoms with Crippen LogP contribution < -0.4 is 5.32 Å². The highest BCUT2D eigenvalue weighted by Gasteiger charge is 2.25. The third kappa shape index (κ3) is 4.24. The Kier molecular flexibility index (Phi) is 5.45. The minimum atomic E-state index is -0.348. The molecule has 2 aromatic rings. The van der Waals surface area contributed by atoms with E-state index in [0.717, 1.165) is 18.0 Å². The number of oxazole rings is 1. The maximum absolute atomic E-state index is 13.8. The zero-order valence-electron chi connectivity index (χ0n) is 14.4. The van der Waals surface area contributed by atoms with Gasteiger partial charge in [0, 0.05) is 44.8 Å². The summed E-state index contributed by atoms with van der Waals surface area (Å²) in [7, 11) is 1.58. The van der Waals surface area contributed by atoms with Crippen LogP contribution in [0.2, 0.25) is 0 Å². The minimum absolute atomic E-state index is 0.0701. The predicted octanol–water partition coefficient (Wildman–Crippen LogP) is 2.14. The topological polar surface area (TPSA) is 67.6 Å². The van der Waals surface area contributed by atoms with Gasteiger partial charge in [-0.1, -0.05) is 18.2 Å². The fraction of sp³-hybridized carbons (Fsp3) is 0.444. The summed E-state index contributed by atoms with van der Waals surface area (Å²) in [5.41, 5.74) is 1.40. The molecule has 3 rings (SSSR count). The third-order valence-corrected chi connectivity index (χ3v) is 4.15. The molecule has 0 aliphatic carbocycles. The van der Waals surface area contributed by atoms with E-state index in [1.54, 1.807) is 19.2 Å². The number of hydrogen-bond acceptors (Lipinski definition) is 5.